The van der Waals surface area contributed by atoms with Gasteiger partial charge in [0.05, 0.1) is 33.4 Å². The molecule has 5 heteroatoms. The summed E-state index contributed by atoms with van der Waals surface area (Å²) in [5, 5.41) is 11.9. The molecule has 0 amide bonds. The van der Waals surface area contributed by atoms with E-state index in [1.165, 1.54) is 54.1 Å². The second-order valence-electron chi connectivity index (χ2n) is 16.0. The van der Waals surface area contributed by atoms with Gasteiger partial charge >= 0.3 is 0 Å². The molecule has 0 unspecified atom stereocenters. The van der Waals surface area contributed by atoms with Crippen molar-refractivity contribution in [1.29, 1.82) is 0 Å². The highest BCUT2D eigenvalue weighted by molar-refractivity contribution is 6.22. The van der Waals surface area contributed by atoms with Gasteiger partial charge in [0.25, 0.3) is 0 Å². The molecule has 0 bridgehead atoms. The topological polar surface area (TPSA) is 48.5 Å². The number of fused-ring (bicyclic) bond motifs is 10. The Bertz CT molecular complexity index is 3930. The number of aromatic nitrogens is 5. The smallest absolute Gasteiger partial charge is 0.166 e. The van der Waals surface area contributed by atoms with Crippen molar-refractivity contribution in [2.45, 2.75) is 0 Å². The van der Waals surface area contributed by atoms with Gasteiger partial charge in [0, 0.05) is 43.6 Å². The molecule has 0 N–H and O–H groups in total. The summed E-state index contributed by atoms with van der Waals surface area (Å²) in [7, 11) is 0. The maximum atomic E-state index is 5.35. The van der Waals surface area contributed by atoms with Crippen LogP contribution in [0.15, 0.2) is 212 Å². The van der Waals surface area contributed by atoms with Crippen molar-refractivity contribution in [1.82, 2.24) is 24.1 Å². The van der Waals surface area contributed by atoms with Crippen LogP contribution in [0.5, 0.6) is 0 Å². The standard InChI is InChI=1S/C57H35N5/c1-2-18-38(19-3-1)55-58-56(45-27-14-22-36-16-6-8-23-41(36)45)60-57(59-55)46-26-11-13-29-49(46)61-50-30-15-31-51(53(50)47-34-39-20-4-5-21-40(39)35-52(47)61)62-48-28-12-10-25-43(48)44-33-32-37-17-7-9-24-42(37)54(44)62/h1-35H. The highest BCUT2D eigenvalue weighted by Crippen LogP contribution is 2.44. The van der Waals surface area contributed by atoms with Gasteiger partial charge in [-0.25, -0.2) is 15.0 Å². The summed E-state index contributed by atoms with van der Waals surface area (Å²) in [6.45, 7) is 0. The van der Waals surface area contributed by atoms with Crippen LogP contribution in [0.1, 0.15) is 0 Å². The fourth-order valence-electron chi connectivity index (χ4n) is 9.77. The molecule has 0 aliphatic carbocycles. The molecule has 0 saturated heterocycles. The van der Waals surface area contributed by atoms with Crippen molar-refractivity contribution in [2.24, 2.45) is 0 Å². The maximum Gasteiger partial charge on any atom is 0.166 e. The first-order valence-corrected chi connectivity index (χ1v) is 21.0. The van der Waals surface area contributed by atoms with Gasteiger partial charge < -0.3 is 9.13 Å². The highest BCUT2D eigenvalue weighted by atomic mass is 15.1. The minimum absolute atomic E-state index is 0.609. The van der Waals surface area contributed by atoms with E-state index < -0.39 is 0 Å². The molecular formula is C57H35N5. The molecule has 288 valence electrons. The highest BCUT2D eigenvalue weighted by Gasteiger charge is 2.24. The molecule has 62 heavy (non-hydrogen) atoms. The van der Waals surface area contributed by atoms with Gasteiger partial charge in [-0.15, -0.1) is 0 Å². The van der Waals surface area contributed by atoms with Crippen LogP contribution in [0.4, 0.5) is 0 Å². The van der Waals surface area contributed by atoms with Crippen molar-refractivity contribution in [3.63, 3.8) is 0 Å². The Morgan fingerprint density at radius 2 is 0.855 bits per heavy atom. The minimum Gasteiger partial charge on any atom is -0.308 e. The monoisotopic (exact) mass is 789 g/mol. The summed E-state index contributed by atoms with van der Waals surface area (Å²) in [6, 6.07) is 75.7. The molecule has 0 radical (unpaired) electrons. The van der Waals surface area contributed by atoms with Gasteiger partial charge in [-0.3, -0.25) is 0 Å². The van der Waals surface area contributed by atoms with Crippen LogP contribution < -0.4 is 0 Å². The fraction of sp³-hybridized carbons (Fsp3) is 0. The third kappa shape index (κ3) is 5.18. The summed E-state index contributed by atoms with van der Waals surface area (Å²) in [5.41, 5.74) is 9.51. The van der Waals surface area contributed by atoms with E-state index in [-0.39, 0.29) is 0 Å². The number of nitrogens with zero attached hydrogens (tertiary/aromatic N) is 5. The molecule has 0 aliphatic heterocycles. The zero-order valence-electron chi connectivity index (χ0n) is 33.4. The SMILES string of the molecule is c1ccc(-c2nc(-c3ccccc3-n3c4cc5ccccc5cc4c4c(-n5c6ccccc6c6ccc7ccccc7c65)cccc43)nc(-c3cccc4ccccc34)n2)cc1. The van der Waals surface area contributed by atoms with E-state index in [4.69, 9.17) is 15.0 Å². The van der Waals surface area contributed by atoms with Gasteiger partial charge in [0.1, 0.15) is 0 Å². The quantitative estimate of drug-likeness (QED) is 0.174. The summed E-state index contributed by atoms with van der Waals surface area (Å²) < 4.78 is 4.92. The van der Waals surface area contributed by atoms with E-state index in [2.05, 4.69) is 203 Å². The summed E-state index contributed by atoms with van der Waals surface area (Å²) in [6.07, 6.45) is 0. The van der Waals surface area contributed by atoms with Gasteiger partial charge in [-0.05, 0) is 69.4 Å². The Kier molecular flexibility index (Phi) is 7.54. The lowest BCUT2D eigenvalue weighted by Crippen LogP contribution is -2.04. The largest absolute Gasteiger partial charge is 0.308 e. The molecule has 3 heterocycles. The number of hydrogen-bond acceptors (Lipinski definition) is 3. The van der Waals surface area contributed by atoms with Crippen LogP contribution in [-0.2, 0) is 0 Å². The zero-order chi connectivity index (χ0) is 40.7. The summed E-state index contributed by atoms with van der Waals surface area (Å²) >= 11 is 0. The van der Waals surface area contributed by atoms with Crippen molar-refractivity contribution in [3.8, 4) is 45.5 Å². The summed E-state index contributed by atoms with van der Waals surface area (Å²) in [5.74, 6) is 1.87. The van der Waals surface area contributed by atoms with Crippen molar-refractivity contribution < 1.29 is 0 Å². The molecular weight excluding hydrogens is 755 g/mol. The van der Waals surface area contributed by atoms with Crippen LogP contribution in [0.3, 0.4) is 0 Å². The van der Waals surface area contributed by atoms with Crippen LogP contribution in [0.2, 0.25) is 0 Å². The zero-order valence-corrected chi connectivity index (χ0v) is 33.4. The Labute approximate surface area is 356 Å². The first-order valence-electron chi connectivity index (χ1n) is 21.0. The van der Waals surface area contributed by atoms with Crippen LogP contribution in [0.25, 0.3) is 121 Å². The number of benzene rings is 10. The lowest BCUT2D eigenvalue weighted by Gasteiger charge is -2.15. The Morgan fingerprint density at radius 1 is 0.290 bits per heavy atom. The average Bonchev–Trinajstić information content (AvgIpc) is 3.86. The molecule has 0 fully saturated rings. The number of para-hydroxylation sites is 2. The van der Waals surface area contributed by atoms with E-state index >= 15 is 0 Å². The molecule has 10 aromatic carbocycles. The van der Waals surface area contributed by atoms with Gasteiger partial charge in [-0.2, -0.15) is 0 Å². The number of hydrogen-bond donors (Lipinski definition) is 0. The Morgan fingerprint density at radius 3 is 1.69 bits per heavy atom. The van der Waals surface area contributed by atoms with Crippen molar-refractivity contribution in [2.75, 3.05) is 0 Å². The second-order valence-corrected chi connectivity index (χ2v) is 16.0. The normalized spacial score (nSPS) is 11.9. The van der Waals surface area contributed by atoms with Crippen LogP contribution in [0, 0.1) is 0 Å². The molecule has 0 saturated carbocycles. The second kappa shape index (κ2) is 13.6. The fourth-order valence-corrected chi connectivity index (χ4v) is 9.77. The molecule has 0 atom stereocenters. The van der Waals surface area contributed by atoms with Crippen LogP contribution in [-0.4, -0.2) is 24.1 Å². The van der Waals surface area contributed by atoms with E-state index in [1.54, 1.807) is 0 Å². The van der Waals surface area contributed by atoms with E-state index in [9.17, 15) is 0 Å². The van der Waals surface area contributed by atoms with Crippen molar-refractivity contribution in [3.05, 3.63) is 212 Å². The molecule has 13 rings (SSSR count). The van der Waals surface area contributed by atoms with Gasteiger partial charge in [0.15, 0.2) is 17.5 Å². The third-order valence-corrected chi connectivity index (χ3v) is 12.5. The van der Waals surface area contributed by atoms with Gasteiger partial charge in [0.2, 0.25) is 0 Å². The van der Waals surface area contributed by atoms with E-state index in [0.717, 1.165) is 49.9 Å². The average molecular weight is 790 g/mol. The van der Waals surface area contributed by atoms with E-state index in [1.807, 2.05) is 18.2 Å². The molecule has 0 spiro atoms. The molecule has 3 aromatic heterocycles. The molecule has 0 aliphatic rings. The Balaban J connectivity index is 1.14. The minimum atomic E-state index is 0.609. The Hall–Kier alpha value is -8.41. The van der Waals surface area contributed by atoms with E-state index in [0.29, 0.717) is 17.5 Å². The predicted octanol–water partition coefficient (Wildman–Crippen LogP) is 14.5. The molecule has 13 aromatic rings. The lowest BCUT2D eigenvalue weighted by atomic mass is 10.0. The first kappa shape index (κ1) is 34.5. The third-order valence-electron chi connectivity index (χ3n) is 12.5. The number of rotatable bonds is 5. The maximum absolute atomic E-state index is 5.35. The first-order chi connectivity index (χ1) is 30.8. The van der Waals surface area contributed by atoms with Gasteiger partial charge in [-0.1, -0.05) is 170 Å². The summed E-state index contributed by atoms with van der Waals surface area (Å²) in [4.78, 5) is 15.8. The van der Waals surface area contributed by atoms with Crippen LogP contribution >= 0.6 is 0 Å². The lowest BCUT2D eigenvalue weighted by molar-refractivity contribution is 1.07. The molecule has 5 nitrogen and oxygen atoms in total. The van der Waals surface area contributed by atoms with Crippen molar-refractivity contribution >= 4 is 75.9 Å². The predicted molar refractivity (Wildman–Crippen MR) is 257 cm³/mol.